The predicted molar refractivity (Wildman–Crippen MR) is 131 cm³/mol. The summed E-state index contributed by atoms with van der Waals surface area (Å²) in [5.41, 5.74) is 1.44. The highest BCUT2D eigenvalue weighted by molar-refractivity contribution is 7.83. The third kappa shape index (κ3) is 5.72. The van der Waals surface area contributed by atoms with Gasteiger partial charge in [-0.3, -0.25) is 9.52 Å². The van der Waals surface area contributed by atoms with Crippen LogP contribution in [0, 0.1) is 0 Å². The number of carbonyl (C=O) groups excluding carboxylic acids is 2. The van der Waals surface area contributed by atoms with E-state index in [1.54, 1.807) is 49.5 Å². The Hall–Kier alpha value is -4.05. The number of benzene rings is 3. The van der Waals surface area contributed by atoms with Crippen LogP contribution in [0.25, 0.3) is 0 Å². The number of carbonyl (C=O) groups is 2. The first kappa shape index (κ1) is 24.1. The van der Waals surface area contributed by atoms with Crippen LogP contribution < -0.4 is 29.1 Å². The van der Waals surface area contributed by atoms with E-state index >= 15 is 0 Å². The molecule has 3 aromatic carbocycles. The fourth-order valence-corrected chi connectivity index (χ4v) is 4.48. The van der Waals surface area contributed by atoms with Gasteiger partial charge in [-0.15, -0.1) is 0 Å². The van der Waals surface area contributed by atoms with Crippen molar-refractivity contribution in [2.75, 3.05) is 25.9 Å². The summed E-state index contributed by atoms with van der Waals surface area (Å²) in [5.74, 6) is 1.17. The predicted octanol–water partition coefficient (Wildman–Crippen LogP) is 3.02. The Bertz CT molecular complexity index is 1240. The second-order valence-corrected chi connectivity index (χ2v) is 8.85. The lowest BCUT2D eigenvalue weighted by Gasteiger charge is -2.25. The van der Waals surface area contributed by atoms with Gasteiger partial charge < -0.3 is 24.4 Å². The molecule has 0 aromatic heterocycles. The van der Waals surface area contributed by atoms with Crippen LogP contribution in [-0.4, -0.2) is 43.1 Å². The zero-order chi connectivity index (χ0) is 24.8. The highest BCUT2D eigenvalue weighted by Crippen LogP contribution is 2.35. The van der Waals surface area contributed by atoms with E-state index in [0.29, 0.717) is 27.8 Å². The van der Waals surface area contributed by atoms with Crippen LogP contribution in [-0.2, 0) is 22.2 Å². The normalized spacial score (nSPS) is 13.4. The standard InChI is InChI=1S/C25H25N3O6S/c1-28(18-12-13-20-22(15-18)34-16-33-20)24(29)19(14-17-8-4-3-5-9-17)26-25(30)27-35(31)23-11-7-6-10-21(23)32-2/h3-13,15,19H,14,16H2,1-2H3,(H2,26,27,30). The number of nitrogens with zero attached hydrogens (tertiary/aromatic N) is 1. The van der Waals surface area contributed by atoms with Gasteiger partial charge in [-0.1, -0.05) is 42.5 Å². The molecule has 0 spiro atoms. The zero-order valence-electron chi connectivity index (χ0n) is 19.2. The molecule has 3 amide bonds. The van der Waals surface area contributed by atoms with Gasteiger partial charge in [0.05, 0.1) is 7.11 Å². The van der Waals surface area contributed by atoms with Gasteiger partial charge in [0.2, 0.25) is 12.7 Å². The summed E-state index contributed by atoms with van der Waals surface area (Å²) in [6.07, 6.45) is 0.239. The van der Waals surface area contributed by atoms with Gasteiger partial charge in [-0.2, -0.15) is 0 Å². The van der Waals surface area contributed by atoms with Crippen molar-refractivity contribution in [2.24, 2.45) is 0 Å². The van der Waals surface area contributed by atoms with Gasteiger partial charge in [0, 0.05) is 25.2 Å². The summed E-state index contributed by atoms with van der Waals surface area (Å²) < 4.78 is 31.1. The maximum Gasteiger partial charge on any atom is 0.327 e. The van der Waals surface area contributed by atoms with Gasteiger partial charge >= 0.3 is 6.03 Å². The quantitative estimate of drug-likeness (QED) is 0.498. The highest BCUT2D eigenvalue weighted by Gasteiger charge is 2.27. The van der Waals surface area contributed by atoms with Crippen LogP contribution in [0.3, 0.4) is 0 Å². The Kier molecular flexibility index (Phi) is 7.51. The van der Waals surface area contributed by atoms with Gasteiger partial charge in [0.25, 0.3) is 0 Å². The Labute approximate surface area is 205 Å². The molecular formula is C25H25N3O6S. The minimum Gasteiger partial charge on any atom is -0.495 e. The monoisotopic (exact) mass is 495 g/mol. The summed E-state index contributed by atoms with van der Waals surface area (Å²) in [5, 5.41) is 2.68. The smallest absolute Gasteiger partial charge is 0.327 e. The Morgan fingerprint density at radius 3 is 2.51 bits per heavy atom. The molecular weight excluding hydrogens is 470 g/mol. The number of methoxy groups -OCH3 is 1. The number of hydrogen-bond donors (Lipinski definition) is 2. The van der Waals surface area contributed by atoms with E-state index in [4.69, 9.17) is 14.2 Å². The molecule has 0 aliphatic carbocycles. The summed E-state index contributed by atoms with van der Waals surface area (Å²) in [7, 11) is 1.18. The van der Waals surface area contributed by atoms with E-state index < -0.39 is 23.1 Å². The second kappa shape index (κ2) is 10.9. The van der Waals surface area contributed by atoms with Crippen molar-refractivity contribution in [3.63, 3.8) is 0 Å². The molecule has 1 heterocycles. The molecule has 0 radical (unpaired) electrons. The molecule has 4 rings (SSSR count). The van der Waals surface area contributed by atoms with E-state index in [-0.39, 0.29) is 19.1 Å². The first-order valence-electron chi connectivity index (χ1n) is 10.8. The van der Waals surface area contributed by atoms with Crippen molar-refractivity contribution < 1.29 is 28.0 Å². The van der Waals surface area contributed by atoms with E-state index in [1.807, 2.05) is 30.3 Å². The molecule has 0 saturated heterocycles. The minimum atomic E-state index is -1.89. The minimum absolute atomic E-state index is 0.123. The number of likely N-dealkylation sites (N-methyl/N-ethyl adjacent to an activating group) is 1. The average molecular weight is 496 g/mol. The molecule has 2 unspecified atom stereocenters. The third-order valence-corrected chi connectivity index (χ3v) is 6.52. The Balaban J connectivity index is 1.51. The molecule has 9 nitrogen and oxygen atoms in total. The molecule has 0 saturated carbocycles. The van der Waals surface area contributed by atoms with Crippen molar-refractivity contribution in [2.45, 2.75) is 17.4 Å². The fraction of sp³-hybridized carbons (Fsp3) is 0.200. The van der Waals surface area contributed by atoms with Crippen LogP contribution in [0.15, 0.2) is 77.7 Å². The number of hydrogen-bond acceptors (Lipinski definition) is 6. The molecule has 3 aromatic rings. The zero-order valence-corrected chi connectivity index (χ0v) is 20.0. The van der Waals surface area contributed by atoms with Gasteiger partial charge in [0.15, 0.2) is 22.5 Å². The number of nitrogens with one attached hydrogen (secondary N) is 2. The molecule has 2 N–H and O–H groups in total. The van der Waals surface area contributed by atoms with Crippen molar-refractivity contribution in [3.05, 3.63) is 78.4 Å². The highest BCUT2D eigenvalue weighted by atomic mass is 32.2. The maximum atomic E-state index is 13.5. The number of amides is 3. The molecule has 0 bridgehead atoms. The SMILES string of the molecule is COc1ccccc1S(=O)NC(=O)NC(Cc1ccccc1)C(=O)N(C)c1ccc2c(c1)OCO2. The van der Waals surface area contributed by atoms with E-state index in [2.05, 4.69) is 10.0 Å². The first-order valence-corrected chi connectivity index (χ1v) is 11.9. The van der Waals surface area contributed by atoms with E-state index in [0.717, 1.165) is 5.56 Å². The molecule has 35 heavy (non-hydrogen) atoms. The lowest BCUT2D eigenvalue weighted by Crippen LogP contribution is -2.51. The van der Waals surface area contributed by atoms with E-state index in [9.17, 15) is 13.8 Å². The average Bonchev–Trinajstić information content (AvgIpc) is 3.36. The van der Waals surface area contributed by atoms with E-state index in [1.165, 1.54) is 12.0 Å². The molecule has 0 fully saturated rings. The first-order chi connectivity index (χ1) is 17.0. The number of anilines is 1. The van der Waals surface area contributed by atoms with Crippen LogP contribution in [0.1, 0.15) is 5.56 Å². The largest absolute Gasteiger partial charge is 0.495 e. The Morgan fingerprint density at radius 2 is 1.74 bits per heavy atom. The van der Waals surface area contributed by atoms with Crippen molar-refractivity contribution in [1.29, 1.82) is 0 Å². The maximum absolute atomic E-state index is 13.5. The summed E-state index contributed by atoms with van der Waals surface area (Å²) in [6.45, 7) is 0.123. The second-order valence-electron chi connectivity index (χ2n) is 7.67. The number of ether oxygens (including phenoxy) is 3. The molecule has 2 atom stereocenters. The topological polar surface area (TPSA) is 106 Å². The van der Waals surface area contributed by atoms with Gasteiger partial charge in [-0.05, 0) is 29.8 Å². The van der Waals surface area contributed by atoms with Crippen molar-refractivity contribution in [3.8, 4) is 17.2 Å². The van der Waals surface area contributed by atoms with Gasteiger partial charge in [0.1, 0.15) is 16.7 Å². The number of fused-ring (bicyclic) bond motifs is 1. The number of rotatable bonds is 8. The fourth-order valence-electron chi connectivity index (χ4n) is 3.60. The lowest BCUT2D eigenvalue weighted by atomic mass is 10.0. The Morgan fingerprint density at radius 1 is 1.03 bits per heavy atom. The van der Waals surface area contributed by atoms with Crippen LogP contribution in [0.4, 0.5) is 10.5 Å². The van der Waals surface area contributed by atoms with Gasteiger partial charge in [-0.25, -0.2) is 9.00 Å². The molecule has 1 aliphatic heterocycles. The summed E-state index contributed by atoms with van der Waals surface area (Å²) in [6, 6.07) is 19.5. The molecule has 10 heteroatoms. The lowest BCUT2D eigenvalue weighted by molar-refractivity contribution is -0.120. The summed E-state index contributed by atoms with van der Waals surface area (Å²) in [4.78, 5) is 28.0. The van der Waals surface area contributed by atoms with Crippen molar-refractivity contribution >= 4 is 28.6 Å². The third-order valence-electron chi connectivity index (χ3n) is 5.41. The van der Waals surface area contributed by atoms with Crippen LogP contribution in [0.5, 0.6) is 17.2 Å². The number of urea groups is 1. The number of para-hydroxylation sites is 1. The molecule has 1 aliphatic rings. The van der Waals surface area contributed by atoms with Crippen molar-refractivity contribution in [1.82, 2.24) is 10.0 Å². The summed E-state index contributed by atoms with van der Waals surface area (Å²) >= 11 is 0. The van der Waals surface area contributed by atoms with Crippen LogP contribution >= 0.6 is 0 Å². The molecule has 182 valence electrons. The van der Waals surface area contributed by atoms with Crippen LogP contribution in [0.2, 0.25) is 0 Å².